The first-order valence-corrected chi connectivity index (χ1v) is 7.60. The van der Waals surface area contributed by atoms with Gasteiger partial charge in [0.15, 0.2) is 0 Å². The smallest absolute Gasteiger partial charge is 0.0805 e. The molecule has 2 aromatic carbocycles. The van der Waals surface area contributed by atoms with E-state index in [0.29, 0.717) is 10.7 Å². The lowest BCUT2D eigenvalue weighted by atomic mass is 10.2. The van der Waals surface area contributed by atoms with Crippen LogP contribution in [0.25, 0.3) is 10.9 Å². The Kier molecular flexibility index (Phi) is 3.59. The van der Waals surface area contributed by atoms with E-state index in [0.717, 1.165) is 21.9 Å². The fourth-order valence-corrected chi connectivity index (χ4v) is 3.27. The van der Waals surface area contributed by atoms with E-state index in [-0.39, 0.29) is 0 Å². The summed E-state index contributed by atoms with van der Waals surface area (Å²) in [6, 6.07) is 14.0. The summed E-state index contributed by atoms with van der Waals surface area (Å²) < 4.78 is 1.92. The predicted molar refractivity (Wildman–Crippen MR) is 86.1 cm³/mol. The highest BCUT2D eigenvalue weighted by atomic mass is 35.5. The minimum absolute atomic E-state index is 0.598. The second-order valence-corrected chi connectivity index (χ2v) is 6.02. The lowest BCUT2D eigenvalue weighted by molar-refractivity contribution is 0.781. The van der Waals surface area contributed by atoms with E-state index >= 15 is 0 Å². The molecule has 2 N–H and O–H groups in total. The molecule has 102 valence electrons. The SMILES string of the molecule is Cn1nc(CSc2ccc(N)c(Cl)c2)c2ccccc21. The molecule has 0 aliphatic rings. The molecule has 0 aliphatic carbocycles. The molecular weight excluding hydrogens is 290 g/mol. The molecule has 0 unspecified atom stereocenters. The number of para-hydroxylation sites is 1. The number of rotatable bonds is 3. The van der Waals surface area contributed by atoms with E-state index in [1.165, 1.54) is 5.39 Å². The summed E-state index contributed by atoms with van der Waals surface area (Å²) in [5, 5.41) is 6.38. The number of fused-ring (bicyclic) bond motifs is 1. The Morgan fingerprint density at radius 1 is 1.25 bits per heavy atom. The van der Waals surface area contributed by atoms with Crippen LogP contribution in [0.4, 0.5) is 5.69 Å². The van der Waals surface area contributed by atoms with Gasteiger partial charge in [0.2, 0.25) is 0 Å². The largest absolute Gasteiger partial charge is 0.398 e. The second kappa shape index (κ2) is 5.38. The van der Waals surface area contributed by atoms with E-state index in [2.05, 4.69) is 17.2 Å². The molecule has 0 saturated heterocycles. The van der Waals surface area contributed by atoms with Crippen molar-refractivity contribution in [1.29, 1.82) is 0 Å². The van der Waals surface area contributed by atoms with Crippen molar-refractivity contribution in [1.82, 2.24) is 9.78 Å². The van der Waals surface area contributed by atoms with Gasteiger partial charge in [-0.25, -0.2) is 0 Å². The van der Waals surface area contributed by atoms with E-state index in [1.54, 1.807) is 11.8 Å². The molecule has 3 rings (SSSR count). The molecule has 3 nitrogen and oxygen atoms in total. The van der Waals surface area contributed by atoms with Crippen LogP contribution in [-0.2, 0) is 12.8 Å². The Morgan fingerprint density at radius 3 is 2.85 bits per heavy atom. The molecular formula is C15H14ClN3S. The molecule has 0 aliphatic heterocycles. The van der Waals surface area contributed by atoms with Crippen molar-refractivity contribution in [3.8, 4) is 0 Å². The van der Waals surface area contributed by atoms with E-state index in [9.17, 15) is 0 Å². The molecule has 0 saturated carbocycles. The summed E-state index contributed by atoms with van der Waals surface area (Å²) >= 11 is 7.75. The zero-order chi connectivity index (χ0) is 14.1. The number of anilines is 1. The van der Waals surface area contributed by atoms with Crippen molar-refractivity contribution in [2.45, 2.75) is 10.6 Å². The van der Waals surface area contributed by atoms with Gasteiger partial charge in [-0.05, 0) is 24.3 Å². The minimum Gasteiger partial charge on any atom is -0.398 e. The summed E-state index contributed by atoms with van der Waals surface area (Å²) in [7, 11) is 1.97. The van der Waals surface area contributed by atoms with Gasteiger partial charge in [-0.3, -0.25) is 4.68 Å². The maximum atomic E-state index is 6.04. The van der Waals surface area contributed by atoms with Crippen molar-refractivity contribution < 1.29 is 0 Å². The molecule has 0 bridgehead atoms. The number of aromatic nitrogens is 2. The van der Waals surface area contributed by atoms with Crippen molar-refractivity contribution in [2.75, 3.05) is 5.73 Å². The molecule has 0 fully saturated rings. The normalized spacial score (nSPS) is 11.1. The summed E-state index contributed by atoms with van der Waals surface area (Å²) in [6.07, 6.45) is 0. The van der Waals surface area contributed by atoms with E-state index in [1.807, 2.05) is 42.1 Å². The lowest BCUT2D eigenvalue weighted by Gasteiger charge is -2.03. The third kappa shape index (κ3) is 2.49. The van der Waals surface area contributed by atoms with Gasteiger partial charge >= 0.3 is 0 Å². The molecule has 0 atom stereocenters. The summed E-state index contributed by atoms with van der Waals surface area (Å²) in [4.78, 5) is 1.10. The topological polar surface area (TPSA) is 43.8 Å². The molecule has 20 heavy (non-hydrogen) atoms. The van der Waals surface area contributed by atoms with Gasteiger partial charge in [0.05, 0.1) is 21.9 Å². The fourth-order valence-electron chi connectivity index (χ4n) is 2.14. The molecule has 0 amide bonds. The standard InChI is InChI=1S/C15H14ClN3S/c1-19-15-5-3-2-4-11(15)14(18-19)9-20-10-6-7-13(17)12(16)8-10/h2-8H,9,17H2,1H3. The van der Waals surface area contributed by atoms with Crippen LogP contribution in [0.15, 0.2) is 47.4 Å². The first-order chi connectivity index (χ1) is 9.65. The third-order valence-corrected chi connectivity index (χ3v) is 4.51. The number of nitrogen functional groups attached to an aromatic ring is 1. The van der Waals surface area contributed by atoms with Gasteiger partial charge in [-0.2, -0.15) is 5.10 Å². The highest BCUT2D eigenvalue weighted by Gasteiger charge is 2.08. The first kappa shape index (κ1) is 13.3. The van der Waals surface area contributed by atoms with Gasteiger partial charge < -0.3 is 5.73 Å². The molecule has 1 aromatic heterocycles. The van der Waals surface area contributed by atoms with Gasteiger partial charge in [-0.15, -0.1) is 11.8 Å². The zero-order valence-corrected chi connectivity index (χ0v) is 12.6. The number of benzene rings is 2. The Labute approximate surface area is 126 Å². The third-order valence-electron chi connectivity index (χ3n) is 3.18. The van der Waals surface area contributed by atoms with Crippen LogP contribution in [0.1, 0.15) is 5.69 Å². The van der Waals surface area contributed by atoms with Crippen LogP contribution in [-0.4, -0.2) is 9.78 Å². The quantitative estimate of drug-likeness (QED) is 0.585. The summed E-state index contributed by atoms with van der Waals surface area (Å²) in [5.74, 6) is 0.807. The molecule has 3 aromatic rings. The summed E-state index contributed by atoms with van der Waals surface area (Å²) in [5.41, 5.74) is 8.56. The number of hydrogen-bond acceptors (Lipinski definition) is 3. The van der Waals surface area contributed by atoms with Crippen LogP contribution in [0.2, 0.25) is 5.02 Å². The number of hydrogen-bond donors (Lipinski definition) is 1. The Hall–Kier alpha value is -1.65. The van der Waals surface area contributed by atoms with E-state index in [4.69, 9.17) is 17.3 Å². The molecule has 5 heteroatoms. The monoisotopic (exact) mass is 303 g/mol. The van der Waals surface area contributed by atoms with E-state index < -0.39 is 0 Å². The van der Waals surface area contributed by atoms with Gasteiger partial charge in [0.25, 0.3) is 0 Å². The van der Waals surface area contributed by atoms with Crippen LogP contribution >= 0.6 is 23.4 Å². The average molecular weight is 304 g/mol. The van der Waals surface area contributed by atoms with Gasteiger partial charge in [-0.1, -0.05) is 29.8 Å². The number of aryl methyl sites for hydroxylation is 1. The summed E-state index contributed by atoms with van der Waals surface area (Å²) in [6.45, 7) is 0. The lowest BCUT2D eigenvalue weighted by Crippen LogP contribution is -1.91. The number of thioether (sulfide) groups is 1. The van der Waals surface area contributed by atoms with Crippen molar-refractivity contribution >= 4 is 40.0 Å². The zero-order valence-electron chi connectivity index (χ0n) is 11.0. The highest BCUT2D eigenvalue weighted by molar-refractivity contribution is 7.98. The van der Waals surface area contributed by atoms with Crippen molar-refractivity contribution in [3.63, 3.8) is 0 Å². The number of nitrogens with two attached hydrogens (primary N) is 1. The van der Waals surface area contributed by atoms with Crippen LogP contribution in [0.3, 0.4) is 0 Å². The first-order valence-electron chi connectivity index (χ1n) is 6.23. The van der Waals surface area contributed by atoms with Crippen LogP contribution < -0.4 is 5.73 Å². The molecule has 1 heterocycles. The second-order valence-electron chi connectivity index (χ2n) is 4.56. The molecule has 0 radical (unpaired) electrons. The molecule has 0 spiro atoms. The number of halogens is 1. The highest BCUT2D eigenvalue weighted by Crippen LogP contribution is 2.30. The Morgan fingerprint density at radius 2 is 2.05 bits per heavy atom. The van der Waals surface area contributed by atoms with Crippen molar-refractivity contribution in [2.24, 2.45) is 7.05 Å². The Balaban J connectivity index is 1.85. The minimum atomic E-state index is 0.598. The van der Waals surface area contributed by atoms with Gasteiger partial charge in [0, 0.05) is 23.1 Å². The van der Waals surface area contributed by atoms with Crippen molar-refractivity contribution in [3.05, 3.63) is 53.2 Å². The Bertz CT molecular complexity index is 767. The van der Waals surface area contributed by atoms with Crippen LogP contribution in [0.5, 0.6) is 0 Å². The maximum absolute atomic E-state index is 6.04. The maximum Gasteiger partial charge on any atom is 0.0805 e. The van der Waals surface area contributed by atoms with Crippen LogP contribution in [0, 0.1) is 0 Å². The predicted octanol–water partition coefficient (Wildman–Crippen LogP) is 4.10. The average Bonchev–Trinajstić information content (AvgIpc) is 2.78. The van der Waals surface area contributed by atoms with Gasteiger partial charge in [0.1, 0.15) is 0 Å². The number of nitrogens with zero attached hydrogens (tertiary/aromatic N) is 2. The fraction of sp³-hybridized carbons (Fsp3) is 0.133.